The SMILES string of the molecule is CCOc1ccc(S(=O)(=O)O)c(C)c1. The molecule has 78 valence electrons. The van der Waals surface area contributed by atoms with Gasteiger partial charge in [0.05, 0.1) is 11.5 Å². The summed E-state index contributed by atoms with van der Waals surface area (Å²) in [7, 11) is -4.12. The monoisotopic (exact) mass is 216 g/mol. The van der Waals surface area contributed by atoms with E-state index in [1.54, 1.807) is 13.0 Å². The van der Waals surface area contributed by atoms with Crippen molar-refractivity contribution in [2.45, 2.75) is 18.7 Å². The lowest BCUT2D eigenvalue weighted by atomic mass is 10.2. The molecule has 0 aliphatic rings. The summed E-state index contributed by atoms with van der Waals surface area (Å²) in [5.41, 5.74) is 0.471. The maximum absolute atomic E-state index is 10.8. The van der Waals surface area contributed by atoms with Gasteiger partial charge in [0.1, 0.15) is 5.75 Å². The van der Waals surface area contributed by atoms with E-state index in [9.17, 15) is 8.42 Å². The molecule has 0 unspecified atom stereocenters. The van der Waals surface area contributed by atoms with Crippen LogP contribution in [0.25, 0.3) is 0 Å². The van der Waals surface area contributed by atoms with Crippen molar-refractivity contribution in [1.82, 2.24) is 0 Å². The van der Waals surface area contributed by atoms with Gasteiger partial charge in [0.2, 0.25) is 0 Å². The molecule has 0 aliphatic heterocycles. The number of ether oxygens (including phenoxy) is 1. The van der Waals surface area contributed by atoms with Crippen LogP contribution in [0.2, 0.25) is 0 Å². The molecule has 0 spiro atoms. The maximum Gasteiger partial charge on any atom is 0.294 e. The van der Waals surface area contributed by atoms with Crippen LogP contribution < -0.4 is 4.74 Å². The molecule has 0 bridgehead atoms. The van der Waals surface area contributed by atoms with E-state index in [2.05, 4.69) is 0 Å². The number of rotatable bonds is 3. The van der Waals surface area contributed by atoms with Crippen LogP contribution in [0.4, 0.5) is 0 Å². The predicted octanol–water partition coefficient (Wildman–Crippen LogP) is 1.64. The predicted molar refractivity (Wildman–Crippen MR) is 52.2 cm³/mol. The molecule has 0 saturated carbocycles. The molecule has 0 amide bonds. The number of hydrogen-bond donors (Lipinski definition) is 1. The van der Waals surface area contributed by atoms with E-state index in [-0.39, 0.29) is 4.90 Å². The van der Waals surface area contributed by atoms with Crippen LogP contribution in [0.5, 0.6) is 5.75 Å². The number of hydrogen-bond acceptors (Lipinski definition) is 3. The normalized spacial score (nSPS) is 11.4. The van der Waals surface area contributed by atoms with Gasteiger partial charge in [-0.05, 0) is 37.6 Å². The van der Waals surface area contributed by atoms with Gasteiger partial charge in [-0.15, -0.1) is 0 Å². The summed E-state index contributed by atoms with van der Waals surface area (Å²) in [6.07, 6.45) is 0. The van der Waals surface area contributed by atoms with Gasteiger partial charge in [-0.1, -0.05) is 0 Å². The third-order valence-electron chi connectivity index (χ3n) is 1.74. The van der Waals surface area contributed by atoms with Crippen molar-refractivity contribution in [2.75, 3.05) is 6.61 Å². The molecule has 0 aromatic heterocycles. The minimum absolute atomic E-state index is 0.0825. The van der Waals surface area contributed by atoms with E-state index in [1.807, 2.05) is 6.92 Å². The quantitative estimate of drug-likeness (QED) is 0.780. The first kappa shape index (κ1) is 11.0. The molecule has 1 aromatic rings. The van der Waals surface area contributed by atoms with Gasteiger partial charge < -0.3 is 4.74 Å². The molecule has 0 heterocycles. The smallest absolute Gasteiger partial charge is 0.294 e. The minimum Gasteiger partial charge on any atom is -0.494 e. The van der Waals surface area contributed by atoms with E-state index in [0.29, 0.717) is 17.9 Å². The third-order valence-corrected chi connectivity index (χ3v) is 2.75. The van der Waals surface area contributed by atoms with Crippen LogP contribution in [0.15, 0.2) is 23.1 Å². The molecule has 4 nitrogen and oxygen atoms in total. The fourth-order valence-electron chi connectivity index (χ4n) is 1.17. The van der Waals surface area contributed by atoms with E-state index >= 15 is 0 Å². The lowest BCUT2D eigenvalue weighted by Crippen LogP contribution is -2.01. The van der Waals surface area contributed by atoms with Crippen molar-refractivity contribution in [3.63, 3.8) is 0 Å². The van der Waals surface area contributed by atoms with Gasteiger partial charge in [0.25, 0.3) is 10.1 Å². The molecule has 14 heavy (non-hydrogen) atoms. The van der Waals surface area contributed by atoms with Crippen LogP contribution in [-0.4, -0.2) is 19.6 Å². The van der Waals surface area contributed by atoms with Crippen molar-refractivity contribution in [1.29, 1.82) is 0 Å². The minimum atomic E-state index is -4.12. The zero-order valence-electron chi connectivity index (χ0n) is 8.02. The van der Waals surface area contributed by atoms with Crippen LogP contribution in [0.1, 0.15) is 12.5 Å². The fraction of sp³-hybridized carbons (Fsp3) is 0.333. The van der Waals surface area contributed by atoms with Crippen LogP contribution in [0.3, 0.4) is 0 Å². The first-order chi connectivity index (χ1) is 6.45. The third kappa shape index (κ3) is 2.46. The molecule has 1 N–H and O–H groups in total. The van der Waals surface area contributed by atoms with Crippen molar-refractivity contribution in [3.05, 3.63) is 23.8 Å². The Morgan fingerprint density at radius 1 is 1.43 bits per heavy atom. The van der Waals surface area contributed by atoms with Gasteiger partial charge >= 0.3 is 0 Å². The van der Waals surface area contributed by atoms with Crippen LogP contribution in [-0.2, 0) is 10.1 Å². The highest BCUT2D eigenvalue weighted by molar-refractivity contribution is 7.85. The largest absolute Gasteiger partial charge is 0.494 e. The van der Waals surface area contributed by atoms with E-state index in [0.717, 1.165) is 0 Å². The van der Waals surface area contributed by atoms with Gasteiger partial charge in [-0.3, -0.25) is 4.55 Å². The fourth-order valence-corrected chi connectivity index (χ4v) is 1.87. The Hall–Kier alpha value is -1.07. The van der Waals surface area contributed by atoms with Crippen molar-refractivity contribution in [3.8, 4) is 5.75 Å². The first-order valence-corrected chi connectivity index (χ1v) is 5.60. The number of aryl methyl sites for hydroxylation is 1. The van der Waals surface area contributed by atoms with E-state index < -0.39 is 10.1 Å². The molecular formula is C9H12O4S. The van der Waals surface area contributed by atoms with Gasteiger partial charge in [-0.25, -0.2) is 0 Å². The van der Waals surface area contributed by atoms with Gasteiger partial charge in [-0.2, -0.15) is 8.42 Å². The summed E-state index contributed by atoms with van der Waals surface area (Å²) in [6, 6.07) is 4.42. The molecule has 0 saturated heterocycles. The molecule has 0 atom stereocenters. The van der Waals surface area contributed by atoms with Gasteiger partial charge in [0.15, 0.2) is 0 Å². The Kier molecular flexibility index (Phi) is 3.13. The summed E-state index contributed by atoms with van der Waals surface area (Å²) in [6.45, 7) is 3.96. The second-order valence-electron chi connectivity index (χ2n) is 2.84. The van der Waals surface area contributed by atoms with Crippen molar-refractivity contribution < 1.29 is 17.7 Å². The topological polar surface area (TPSA) is 63.6 Å². The number of benzene rings is 1. The summed E-state index contributed by atoms with van der Waals surface area (Å²) in [5.74, 6) is 0.595. The zero-order chi connectivity index (χ0) is 10.8. The molecule has 1 aromatic carbocycles. The van der Waals surface area contributed by atoms with Gasteiger partial charge in [0, 0.05) is 0 Å². The Bertz CT molecular complexity index is 422. The van der Waals surface area contributed by atoms with Crippen molar-refractivity contribution >= 4 is 10.1 Å². The average molecular weight is 216 g/mol. The Balaban J connectivity index is 3.15. The summed E-state index contributed by atoms with van der Waals surface area (Å²) in [5, 5.41) is 0. The van der Waals surface area contributed by atoms with Crippen LogP contribution in [0, 0.1) is 6.92 Å². The molecule has 0 fully saturated rings. The van der Waals surface area contributed by atoms with Crippen LogP contribution >= 0.6 is 0 Å². The second-order valence-corrected chi connectivity index (χ2v) is 4.23. The summed E-state index contributed by atoms with van der Waals surface area (Å²) >= 11 is 0. The Morgan fingerprint density at radius 2 is 2.07 bits per heavy atom. The Morgan fingerprint density at radius 3 is 2.50 bits per heavy atom. The highest BCUT2D eigenvalue weighted by Crippen LogP contribution is 2.20. The molecule has 0 radical (unpaired) electrons. The lowest BCUT2D eigenvalue weighted by molar-refractivity contribution is 0.339. The van der Waals surface area contributed by atoms with E-state index in [1.165, 1.54) is 12.1 Å². The molecule has 0 aliphatic carbocycles. The zero-order valence-corrected chi connectivity index (χ0v) is 8.84. The first-order valence-electron chi connectivity index (χ1n) is 4.16. The second kappa shape index (κ2) is 3.98. The molecular weight excluding hydrogens is 204 g/mol. The molecule has 1 rings (SSSR count). The maximum atomic E-state index is 10.8. The van der Waals surface area contributed by atoms with Crippen molar-refractivity contribution in [2.24, 2.45) is 0 Å². The Labute approximate surface area is 83.3 Å². The summed E-state index contributed by atoms with van der Waals surface area (Å²) in [4.78, 5) is -0.0825. The van der Waals surface area contributed by atoms with E-state index in [4.69, 9.17) is 9.29 Å². The average Bonchev–Trinajstić information content (AvgIpc) is 2.02. The lowest BCUT2D eigenvalue weighted by Gasteiger charge is -2.06. The molecule has 5 heteroatoms. The highest BCUT2D eigenvalue weighted by atomic mass is 32.2. The summed E-state index contributed by atoms with van der Waals surface area (Å²) < 4.78 is 35.7. The highest BCUT2D eigenvalue weighted by Gasteiger charge is 2.12. The standard InChI is InChI=1S/C9H12O4S/c1-3-13-8-4-5-9(7(2)6-8)14(10,11)12/h4-6H,3H2,1-2H3,(H,10,11,12).